The van der Waals surface area contributed by atoms with Crippen LogP contribution >= 0.6 is 28.3 Å². The van der Waals surface area contributed by atoms with Crippen molar-refractivity contribution < 1.29 is 4.79 Å². The number of benzene rings is 1. The van der Waals surface area contributed by atoms with Crippen LogP contribution in [0.15, 0.2) is 28.7 Å². The highest BCUT2D eigenvalue weighted by atomic mass is 79.9. The van der Waals surface area contributed by atoms with E-state index in [0.29, 0.717) is 24.7 Å². The van der Waals surface area contributed by atoms with Gasteiger partial charge in [-0.15, -0.1) is 12.4 Å². The van der Waals surface area contributed by atoms with Crippen molar-refractivity contribution >= 4 is 34.2 Å². The van der Waals surface area contributed by atoms with Crippen LogP contribution in [0, 0.1) is 13.8 Å². The molecule has 0 spiro atoms. The first-order valence-corrected chi connectivity index (χ1v) is 9.14. The summed E-state index contributed by atoms with van der Waals surface area (Å²) in [4.78, 5) is 12.6. The fourth-order valence-electron chi connectivity index (χ4n) is 3.22. The molecule has 0 aliphatic carbocycles. The van der Waals surface area contributed by atoms with Gasteiger partial charge in [-0.2, -0.15) is 5.10 Å². The smallest absolute Gasteiger partial charge is 0.255 e. The Hall–Kier alpha value is -1.37. The predicted molar refractivity (Wildman–Crippen MR) is 106 cm³/mol. The van der Waals surface area contributed by atoms with Crippen LogP contribution in [0.1, 0.15) is 40.2 Å². The number of amides is 1. The van der Waals surface area contributed by atoms with Crippen LogP contribution in [0.5, 0.6) is 0 Å². The lowest BCUT2D eigenvalue weighted by Gasteiger charge is -2.12. The topological polar surface area (TPSA) is 59.0 Å². The lowest BCUT2D eigenvalue weighted by Crippen LogP contribution is -2.37. The van der Waals surface area contributed by atoms with E-state index in [1.165, 1.54) is 6.42 Å². The molecule has 1 aliphatic heterocycles. The molecule has 1 amide bonds. The van der Waals surface area contributed by atoms with Gasteiger partial charge in [-0.3, -0.25) is 9.48 Å². The van der Waals surface area contributed by atoms with Gasteiger partial charge in [0.15, 0.2) is 0 Å². The molecule has 0 bridgehead atoms. The Bertz CT molecular complexity index is 741. The third-order valence-corrected chi connectivity index (χ3v) is 4.99. The van der Waals surface area contributed by atoms with Crippen molar-refractivity contribution in [3.63, 3.8) is 0 Å². The van der Waals surface area contributed by atoms with Gasteiger partial charge in [-0.25, -0.2) is 0 Å². The maximum Gasteiger partial charge on any atom is 0.255 e. The third-order valence-electron chi connectivity index (χ3n) is 4.50. The fraction of sp³-hybridized carbons (Fsp3) is 0.444. The second kappa shape index (κ2) is 8.83. The van der Waals surface area contributed by atoms with Gasteiger partial charge in [-0.1, -0.05) is 28.1 Å². The van der Waals surface area contributed by atoms with Crippen molar-refractivity contribution in [2.75, 3.05) is 13.1 Å². The maximum absolute atomic E-state index is 12.6. The number of nitrogens with zero attached hydrogens (tertiary/aromatic N) is 2. The second-order valence-electron chi connectivity index (χ2n) is 6.34. The number of aromatic nitrogens is 2. The molecule has 1 aromatic carbocycles. The summed E-state index contributed by atoms with van der Waals surface area (Å²) in [5.74, 6) is -0.0285. The lowest BCUT2D eigenvalue weighted by atomic mass is 10.1. The maximum atomic E-state index is 12.6. The zero-order valence-electron chi connectivity index (χ0n) is 14.5. The Balaban J connectivity index is 0.00000225. The van der Waals surface area contributed by atoms with E-state index < -0.39 is 0 Å². The highest BCUT2D eigenvalue weighted by Crippen LogP contribution is 2.17. The number of halogens is 2. The third kappa shape index (κ3) is 4.84. The Morgan fingerprint density at radius 2 is 2.24 bits per heavy atom. The molecular weight excluding hydrogens is 404 g/mol. The molecule has 2 aromatic rings. The molecule has 5 nitrogen and oxygen atoms in total. The average molecular weight is 428 g/mol. The van der Waals surface area contributed by atoms with E-state index in [2.05, 4.69) is 43.8 Å². The minimum atomic E-state index is -0.0285. The van der Waals surface area contributed by atoms with Crippen molar-refractivity contribution in [2.24, 2.45) is 0 Å². The van der Waals surface area contributed by atoms with Gasteiger partial charge in [-0.05, 0) is 50.9 Å². The van der Waals surface area contributed by atoms with Crippen molar-refractivity contribution in [3.8, 4) is 0 Å². The van der Waals surface area contributed by atoms with Crippen LogP contribution < -0.4 is 10.6 Å². The summed E-state index contributed by atoms with van der Waals surface area (Å²) in [6.45, 7) is 6.23. The quantitative estimate of drug-likeness (QED) is 0.770. The van der Waals surface area contributed by atoms with Crippen LogP contribution in [0.2, 0.25) is 0 Å². The summed E-state index contributed by atoms with van der Waals surface area (Å²) >= 11 is 3.49. The molecule has 1 atom stereocenters. The van der Waals surface area contributed by atoms with E-state index in [4.69, 9.17) is 0 Å². The van der Waals surface area contributed by atoms with Crippen LogP contribution in [0.25, 0.3) is 0 Å². The molecule has 1 saturated heterocycles. The van der Waals surface area contributed by atoms with Crippen molar-refractivity contribution in [1.82, 2.24) is 20.4 Å². The van der Waals surface area contributed by atoms with Gasteiger partial charge < -0.3 is 10.6 Å². The zero-order valence-corrected chi connectivity index (χ0v) is 16.9. The molecule has 25 heavy (non-hydrogen) atoms. The molecule has 1 fully saturated rings. The highest BCUT2D eigenvalue weighted by Gasteiger charge is 2.20. The molecule has 136 valence electrons. The number of carbonyl (C=O) groups excluding carboxylic acids is 1. The van der Waals surface area contributed by atoms with Gasteiger partial charge in [0.05, 0.1) is 17.8 Å². The minimum absolute atomic E-state index is 0. The van der Waals surface area contributed by atoms with Crippen molar-refractivity contribution in [2.45, 2.75) is 39.3 Å². The molecular formula is C18H24BrClN4O. The van der Waals surface area contributed by atoms with Gasteiger partial charge in [0.25, 0.3) is 5.91 Å². The summed E-state index contributed by atoms with van der Waals surface area (Å²) in [5, 5.41) is 11.0. The second-order valence-corrected chi connectivity index (χ2v) is 7.25. The monoisotopic (exact) mass is 426 g/mol. The summed E-state index contributed by atoms with van der Waals surface area (Å²) < 4.78 is 2.95. The molecule has 3 rings (SSSR count). The van der Waals surface area contributed by atoms with Crippen molar-refractivity contribution in [3.05, 3.63) is 51.3 Å². The number of aryl methyl sites for hydroxylation is 1. The first kappa shape index (κ1) is 19.9. The van der Waals surface area contributed by atoms with Crippen molar-refractivity contribution in [1.29, 1.82) is 0 Å². The number of nitrogens with one attached hydrogen (secondary N) is 2. The van der Waals surface area contributed by atoms with E-state index in [0.717, 1.165) is 34.4 Å². The fourth-order valence-corrected chi connectivity index (χ4v) is 3.67. The highest BCUT2D eigenvalue weighted by molar-refractivity contribution is 9.10. The lowest BCUT2D eigenvalue weighted by molar-refractivity contribution is 0.0949. The molecule has 2 N–H and O–H groups in total. The standard InChI is InChI=1S/C18H23BrN4O.ClH/c1-12-17(18(24)21-10-16-7-4-8-20-16)13(2)23(22-12)11-14-5-3-6-15(19)9-14;/h3,5-6,9,16,20H,4,7-8,10-11H2,1-2H3,(H,21,24);1H. The number of hydrogen-bond acceptors (Lipinski definition) is 3. The molecule has 2 heterocycles. The summed E-state index contributed by atoms with van der Waals surface area (Å²) in [6.07, 6.45) is 2.31. The first-order valence-electron chi connectivity index (χ1n) is 8.34. The molecule has 1 unspecified atom stereocenters. The van der Waals surface area contributed by atoms with E-state index in [1.54, 1.807) is 0 Å². The van der Waals surface area contributed by atoms with Crippen LogP contribution in [-0.4, -0.2) is 34.8 Å². The van der Waals surface area contributed by atoms with Crippen LogP contribution in [0.3, 0.4) is 0 Å². The van der Waals surface area contributed by atoms with E-state index >= 15 is 0 Å². The molecule has 0 radical (unpaired) electrons. The zero-order chi connectivity index (χ0) is 17.1. The Labute approximate surface area is 163 Å². The van der Waals surface area contributed by atoms with E-state index in [9.17, 15) is 4.79 Å². The van der Waals surface area contributed by atoms with Crippen LogP contribution in [-0.2, 0) is 6.54 Å². The van der Waals surface area contributed by atoms with Gasteiger partial charge in [0.1, 0.15) is 0 Å². The number of carbonyl (C=O) groups is 1. The van der Waals surface area contributed by atoms with E-state index in [-0.39, 0.29) is 18.3 Å². The van der Waals surface area contributed by atoms with Gasteiger partial charge in [0, 0.05) is 22.8 Å². The average Bonchev–Trinajstić information content (AvgIpc) is 3.14. The normalized spacial score (nSPS) is 16.5. The minimum Gasteiger partial charge on any atom is -0.350 e. The summed E-state index contributed by atoms with van der Waals surface area (Å²) in [6, 6.07) is 8.54. The van der Waals surface area contributed by atoms with Gasteiger partial charge in [0.2, 0.25) is 0 Å². The Morgan fingerprint density at radius 3 is 2.92 bits per heavy atom. The largest absolute Gasteiger partial charge is 0.350 e. The Morgan fingerprint density at radius 1 is 1.44 bits per heavy atom. The molecule has 1 aliphatic rings. The molecule has 1 aromatic heterocycles. The predicted octanol–water partition coefficient (Wildman–Crippen LogP) is 3.21. The SMILES string of the molecule is Cc1nn(Cc2cccc(Br)c2)c(C)c1C(=O)NCC1CCCN1.Cl. The first-order chi connectivity index (χ1) is 11.5. The number of rotatable bonds is 5. The summed E-state index contributed by atoms with van der Waals surface area (Å²) in [5.41, 5.74) is 3.53. The molecule has 7 heteroatoms. The van der Waals surface area contributed by atoms with E-state index in [1.807, 2.05) is 30.7 Å². The summed E-state index contributed by atoms with van der Waals surface area (Å²) in [7, 11) is 0. The molecule has 0 saturated carbocycles. The van der Waals surface area contributed by atoms with Crippen LogP contribution in [0.4, 0.5) is 0 Å². The Kier molecular flexibility index (Phi) is 7.04. The van der Waals surface area contributed by atoms with Gasteiger partial charge >= 0.3 is 0 Å². The number of hydrogen-bond donors (Lipinski definition) is 2.